The number of rotatable bonds is 7. The minimum Gasteiger partial charge on any atom is -0.480 e. The van der Waals surface area contributed by atoms with Crippen LogP contribution in [-0.4, -0.2) is 41.8 Å². The van der Waals surface area contributed by atoms with Crippen LogP contribution >= 0.6 is 12.4 Å². The number of amides is 1. The van der Waals surface area contributed by atoms with Crippen molar-refractivity contribution >= 4 is 30.5 Å². The van der Waals surface area contributed by atoms with Gasteiger partial charge in [0.15, 0.2) is 0 Å². The van der Waals surface area contributed by atoms with Gasteiger partial charge in [-0.15, -0.1) is 12.4 Å². The average molecular weight is 292 g/mol. The first kappa shape index (κ1) is 17.9. The van der Waals surface area contributed by atoms with Crippen molar-refractivity contribution in [2.75, 3.05) is 6.54 Å². The number of nitrogens with two attached hydrogens (primary N) is 1. The van der Waals surface area contributed by atoms with Gasteiger partial charge < -0.3 is 16.2 Å². The highest BCUT2D eigenvalue weighted by molar-refractivity contribution is 5.86. The van der Waals surface area contributed by atoms with Crippen LogP contribution in [0.1, 0.15) is 32.6 Å². The number of carbonyl (C=O) groups excluding carboxylic acids is 1. The fourth-order valence-electron chi connectivity index (χ4n) is 1.87. The van der Waals surface area contributed by atoms with Crippen molar-refractivity contribution < 1.29 is 14.7 Å². The summed E-state index contributed by atoms with van der Waals surface area (Å²) in [5, 5.41) is 11.4. The molecule has 1 aliphatic heterocycles. The van der Waals surface area contributed by atoms with Crippen molar-refractivity contribution in [3.63, 3.8) is 0 Å². The molecule has 0 radical (unpaired) electrons. The molecule has 19 heavy (non-hydrogen) atoms. The van der Waals surface area contributed by atoms with E-state index in [0.717, 1.165) is 12.8 Å². The Balaban J connectivity index is 0.00000324. The molecule has 3 atom stereocenters. The molecular weight excluding hydrogens is 270 g/mol. The molecule has 110 valence electrons. The first-order valence-electron chi connectivity index (χ1n) is 6.30. The van der Waals surface area contributed by atoms with Crippen molar-refractivity contribution in [2.45, 2.75) is 44.7 Å². The standard InChI is InChI=1S/C12H21N3O3.ClH/c1-8-5-7-14-10(8)11(16)15-6-3-2-4-9(13)12(17)18;/h7-10H,2-6,13H2,1H3,(H,15,16)(H,17,18);1H/t8-,9?,10-;/m1./s1. The molecule has 1 rings (SSSR count). The highest BCUT2D eigenvalue weighted by Crippen LogP contribution is 2.16. The molecule has 6 nitrogen and oxygen atoms in total. The van der Waals surface area contributed by atoms with E-state index in [1.165, 1.54) is 0 Å². The van der Waals surface area contributed by atoms with Gasteiger partial charge in [-0.1, -0.05) is 6.92 Å². The van der Waals surface area contributed by atoms with Gasteiger partial charge in [-0.05, 0) is 31.6 Å². The number of nitrogens with zero attached hydrogens (tertiary/aromatic N) is 1. The van der Waals surface area contributed by atoms with Gasteiger partial charge in [0.25, 0.3) is 0 Å². The third-order valence-corrected chi connectivity index (χ3v) is 3.11. The van der Waals surface area contributed by atoms with E-state index in [2.05, 4.69) is 10.3 Å². The fraction of sp³-hybridized carbons (Fsp3) is 0.750. The highest BCUT2D eigenvalue weighted by atomic mass is 35.5. The SMILES string of the molecule is C[C@@H]1CC=N[C@H]1C(=O)NCCCCC(N)C(=O)O.Cl. The Kier molecular flexibility index (Phi) is 8.34. The lowest BCUT2D eigenvalue weighted by Crippen LogP contribution is -2.36. The Morgan fingerprint density at radius 1 is 1.53 bits per heavy atom. The maximum atomic E-state index is 11.7. The predicted octanol–water partition coefficient (Wildman–Crippen LogP) is 0.586. The summed E-state index contributed by atoms with van der Waals surface area (Å²) in [4.78, 5) is 26.3. The van der Waals surface area contributed by atoms with Crippen LogP contribution in [0.15, 0.2) is 4.99 Å². The summed E-state index contributed by atoms with van der Waals surface area (Å²) in [6.07, 6.45) is 4.50. The number of carboxylic acid groups (broad SMARTS) is 1. The quantitative estimate of drug-likeness (QED) is 0.597. The molecular formula is C12H22ClN3O3. The first-order valence-corrected chi connectivity index (χ1v) is 6.30. The van der Waals surface area contributed by atoms with Crippen molar-refractivity contribution in [1.82, 2.24) is 5.32 Å². The molecule has 0 saturated heterocycles. The van der Waals surface area contributed by atoms with Gasteiger partial charge >= 0.3 is 5.97 Å². The van der Waals surface area contributed by atoms with E-state index in [4.69, 9.17) is 10.8 Å². The number of halogens is 1. The van der Waals surface area contributed by atoms with Gasteiger partial charge in [0.2, 0.25) is 5.91 Å². The Morgan fingerprint density at radius 3 is 2.74 bits per heavy atom. The maximum absolute atomic E-state index is 11.7. The second kappa shape index (κ2) is 8.87. The molecule has 1 heterocycles. The minimum atomic E-state index is -0.979. The smallest absolute Gasteiger partial charge is 0.320 e. The number of unbranched alkanes of at least 4 members (excludes halogenated alkanes) is 1. The molecule has 0 bridgehead atoms. The molecule has 0 aliphatic carbocycles. The fourth-order valence-corrected chi connectivity index (χ4v) is 1.87. The number of nitrogens with one attached hydrogen (secondary N) is 1. The summed E-state index contributed by atoms with van der Waals surface area (Å²) in [6.45, 7) is 2.55. The molecule has 1 amide bonds. The zero-order chi connectivity index (χ0) is 13.5. The summed E-state index contributed by atoms with van der Waals surface area (Å²) < 4.78 is 0. The lowest BCUT2D eigenvalue weighted by atomic mass is 10.0. The van der Waals surface area contributed by atoms with Crippen molar-refractivity contribution in [1.29, 1.82) is 0 Å². The van der Waals surface area contributed by atoms with Gasteiger partial charge in [0, 0.05) is 12.8 Å². The second-order valence-corrected chi connectivity index (χ2v) is 4.72. The normalized spacial score (nSPS) is 22.6. The number of aliphatic carboxylic acids is 1. The molecule has 7 heteroatoms. The topological polar surface area (TPSA) is 105 Å². The zero-order valence-electron chi connectivity index (χ0n) is 11.0. The number of hydrogen-bond acceptors (Lipinski definition) is 4. The highest BCUT2D eigenvalue weighted by Gasteiger charge is 2.26. The molecule has 0 saturated carbocycles. The third-order valence-electron chi connectivity index (χ3n) is 3.11. The lowest BCUT2D eigenvalue weighted by Gasteiger charge is -2.13. The van der Waals surface area contributed by atoms with Gasteiger partial charge in [-0.2, -0.15) is 0 Å². The number of carboxylic acids is 1. The molecule has 0 aromatic carbocycles. The monoisotopic (exact) mass is 291 g/mol. The number of aliphatic imine (C=N–C) groups is 1. The van der Waals surface area contributed by atoms with Crippen LogP contribution < -0.4 is 11.1 Å². The van der Waals surface area contributed by atoms with E-state index >= 15 is 0 Å². The van der Waals surface area contributed by atoms with Crippen LogP contribution in [-0.2, 0) is 9.59 Å². The summed E-state index contributed by atoms with van der Waals surface area (Å²) in [5.74, 6) is -0.752. The zero-order valence-corrected chi connectivity index (χ0v) is 11.9. The van der Waals surface area contributed by atoms with Crippen LogP contribution in [0.3, 0.4) is 0 Å². The molecule has 0 aromatic rings. The molecule has 1 unspecified atom stereocenters. The van der Waals surface area contributed by atoms with E-state index in [1.807, 2.05) is 6.92 Å². The first-order chi connectivity index (χ1) is 8.52. The third kappa shape index (κ3) is 6.02. The summed E-state index contributed by atoms with van der Waals surface area (Å²) >= 11 is 0. The molecule has 0 spiro atoms. The van der Waals surface area contributed by atoms with Crippen LogP contribution in [0.2, 0.25) is 0 Å². The Bertz CT molecular complexity index is 336. The van der Waals surface area contributed by atoms with E-state index in [1.54, 1.807) is 6.21 Å². The van der Waals surface area contributed by atoms with Crippen molar-refractivity contribution in [2.24, 2.45) is 16.6 Å². The molecule has 0 fully saturated rings. The average Bonchev–Trinajstić information content (AvgIpc) is 2.74. The Morgan fingerprint density at radius 2 is 2.21 bits per heavy atom. The number of carbonyl (C=O) groups is 2. The Hall–Kier alpha value is -1.14. The Labute approximate surface area is 119 Å². The number of hydrogen-bond donors (Lipinski definition) is 3. The van der Waals surface area contributed by atoms with Gasteiger partial charge in [0.1, 0.15) is 12.1 Å². The predicted molar refractivity (Wildman–Crippen MR) is 75.8 cm³/mol. The summed E-state index contributed by atoms with van der Waals surface area (Å²) in [5.41, 5.74) is 5.37. The lowest BCUT2D eigenvalue weighted by molar-refractivity contribution is -0.138. The van der Waals surface area contributed by atoms with Gasteiger partial charge in [0.05, 0.1) is 0 Å². The van der Waals surface area contributed by atoms with Crippen molar-refractivity contribution in [3.05, 3.63) is 0 Å². The van der Waals surface area contributed by atoms with Crippen molar-refractivity contribution in [3.8, 4) is 0 Å². The van der Waals surface area contributed by atoms with E-state index in [-0.39, 0.29) is 30.3 Å². The van der Waals surface area contributed by atoms with E-state index in [0.29, 0.717) is 19.4 Å². The summed E-state index contributed by atoms with van der Waals surface area (Å²) in [6, 6.07) is -1.06. The largest absolute Gasteiger partial charge is 0.480 e. The summed E-state index contributed by atoms with van der Waals surface area (Å²) in [7, 11) is 0. The maximum Gasteiger partial charge on any atom is 0.320 e. The van der Waals surface area contributed by atoms with Gasteiger partial charge in [-0.25, -0.2) is 0 Å². The minimum absolute atomic E-state index is 0. The molecule has 4 N–H and O–H groups in total. The van der Waals surface area contributed by atoms with E-state index in [9.17, 15) is 9.59 Å². The second-order valence-electron chi connectivity index (χ2n) is 4.72. The molecule has 0 aromatic heterocycles. The van der Waals surface area contributed by atoms with Crippen LogP contribution in [0.25, 0.3) is 0 Å². The van der Waals surface area contributed by atoms with Crippen LogP contribution in [0.4, 0.5) is 0 Å². The molecule has 1 aliphatic rings. The van der Waals surface area contributed by atoms with E-state index < -0.39 is 12.0 Å². The van der Waals surface area contributed by atoms with Gasteiger partial charge in [-0.3, -0.25) is 14.6 Å². The van der Waals surface area contributed by atoms with Crippen LogP contribution in [0.5, 0.6) is 0 Å². The van der Waals surface area contributed by atoms with Crippen LogP contribution in [0, 0.1) is 5.92 Å².